The molecule has 0 radical (unpaired) electrons. The van der Waals surface area contributed by atoms with Crippen LogP contribution in [0.4, 0.5) is 0 Å². The highest BCUT2D eigenvalue weighted by molar-refractivity contribution is 5.99. The van der Waals surface area contributed by atoms with Crippen molar-refractivity contribution in [2.75, 3.05) is 13.1 Å². The Bertz CT molecular complexity index is 2070. The monoisotopic (exact) mass is 891 g/mol. The van der Waals surface area contributed by atoms with E-state index in [2.05, 4.69) is 70.6 Å². The molecule has 350 valence electrons. The van der Waals surface area contributed by atoms with Crippen molar-refractivity contribution in [3.63, 3.8) is 0 Å². The Kier molecular flexibility index (Phi) is 26.6. The molecule has 3 aromatic rings. The summed E-state index contributed by atoms with van der Waals surface area (Å²) in [7, 11) is 0. The lowest BCUT2D eigenvalue weighted by Crippen LogP contribution is -2.45. The van der Waals surface area contributed by atoms with Gasteiger partial charge in [-0.1, -0.05) is 171 Å². The van der Waals surface area contributed by atoms with Crippen LogP contribution in [0, 0.1) is 48.4 Å². The number of hydrogen-bond acceptors (Lipinski definition) is 4. The average Bonchev–Trinajstić information content (AvgIpc) is 3.33. The van der Waals surface area contributed by atoms with E-state index in [9.17, 15) is 19.2 Å². The zero-order valence-corrected chi connectivity index (χ0v) is 40.3. The van der Waals surface area contributed by atoms with E-state index in [-0.39, 0.29) is 11.8 Å². The van der Waals surface area contributed by atoms with Crippen LogP contribution in [0.1, 0.15) is 210 Å². The Morgan fingerprint density at radius 3 is 1.09 bits per heavy atom. The minimum absolute atomic E-state index is 0.231. The molecule has 0 aliphatic carbocycles. The summed E-state index contributed by atoms with van der Waals surface area (Å²) in [6, 6.07) is 15.9. The summed E-state index contributed by atoms with van der Waals surface area (Å²) in [4.78, 5) is 52.0. The van der Waals surface area contributed by atoms with Gasteiger partial charge in [0.15, 0.2) is 0 Å². The number of carbonyl (C=O) groups is 4. The lowest BCUT2D eigenvalue weighted by Gasteiger charge is -2.14. The summed E-state index contributed by atoms with van der Waals surface area (Å²) in [6.45, 7) is 8.95. The maximum atomic E-state index is 13.2. The molecule has 0 saturated heterocycles. The molecule has 0 unspecified atom stereocenters. The zero-order chi connectivity index (χ0) is 47.8. The molecular formula is C58H74N4O4. The molecule has 3 rings (SSSR count). The minimum atomic E-state index is -0.725. The summed E-state index contributed by atoms with van der Waals surface area (Å²) >= 11 is 0. The molecule has 4 N–H and O–H groups in total. The van der Waals surface area contributed by atoms with E-state index in [0.29, 0.717) is 57.6 Å². The highest BCUT2D eigenvalue weighted by Gasteiger charge is 2.18. The summed E-state index contributed by atoms with van der Waals surface area (Å²) in [5.41, 5.74) is 4.06. The average molecular weight is 891 g/mol. The molecule has 0 fully saturated rings. The quantitative estimate of drug-likeness (QED) is 0.0429. The second-order valence-electron chi connectivity index (χ2n) is 17.3. The van der Waals surface area contributed by atoms with Gasteiger partial charge in [0, 0.05) is 57.6 Å². The number of terminal acetylenes is 2. The fourth-order valence-corrected chi connectivity index (χ4v) is 7.44. The molecule has 0 aliphatic heterocycles. The number of benzene rings is 3. The van der Waals surface area contributed by atoms with Crippen molar-refractivity contribution < 1.29 is 19.2 Å². The van der Waals surface area contributed by atoms with Gasteiger partial charge in [0.2, 0.25) is 11.8 Å². The van der Waals surface area contributed by atoms with Gasteiger partial charge in [-0.25, -0.2) is 0 Å². The Morgan fingerprint density at radius 1 is 0.439 bits per heavy atom. The van der Waals surface area contributed by atoms with E-state index < -0.39 is 23.9 Å². The molecule has 0 bridgehead atoms. The predicted octanol–water partition coefficient (Wildman–Crippen LogP) is 10.8. The van der Waals surface area contributed by atoms with Crippen molar-refractivity contribution in [1.29, 1.82) is 0 Å². The molecule has 8 heteroatoms. The summed E-state index contributed by atoms with van der Waals surface area (Å²) < 4.78 is 0. The van der Waals surface area contributed by atoms with Gasteiger partial charge in [-0.2, -0.15) is 0 Å². The number of amides is 4. The van der Waals surface area contributed by atoms with Crippen LogP contribution >= 0.6 is 0 Å². The largest absolute Gasteiger partial charge is 0.354 e. The molecule has 0 heterocycles. The van der Waals surface area contributed by atoms with Gasteiger partial charge in [0.05, 0.1) is 0 Å². The summed E-state index contributed by atoms with van der Waals surface area (Å²) in [5.74, 6) is 16.4. The number of rotatable bonds is 28. The van der Waals surface area contributed by atoms with Crippen molar-refractivity contribution in [1.82, 2.24) is 21.3 Å². The Morgan fingerprint density at radius 2 is 0.742 bits per heavy atom. The number of hydrogen-bond donors (Lipinski definition) is 4. The molecular weight excluding hydrogens is 817 g/mol. The molecule has 2 atom stereocenters. The number of nitrogens with one attached hydrogen (secondary N) is 4. The molecule has 3 aromatic carbocycles. The highest BCUT2D eigenvalue weighted by atomic mass is 16.2. The Labute approximate surface area is 397 Å². The molecule has 0 spiro atoms. The molecule has 66 heavy (non-hydrogen) atoms. The van der Waals surface area contributed by atoms with E-state index in [1.54, 1.807) is 50.2 Å². The van der Waals surface area contributed by atoms with E-state index in [4.69, 9.17) is 12.8 Å². The van der Waals surface area contributed by atoms with Gasteiger partial charge in [-0.05, 0) is 81.3 Å². The zero-order valence-electron chi connectivity index (χ0n) is 40.3. The molecule has 0 aliphatic rings. The standard InChI is InChI=1S/C58H74N4O4/c1-7-11-13-15-17-19-21-23-25-27-36-59-55(63)45(5)61-57(65)53-41-47(9-3)38-51(43-53)34-32-49-30-29-31-50(40-49)33-35-52-39-48(10-4)42-54(44-52)58(66)62-46(6)56(64)60-37-28-26-24-22-20-18-16-14-12-8-2/h3-4,29-31,38-46H,7-8,11-28,36-37H2,1-2,5-6H3,(H,59,63)(H,60,64)(H,61,65)(H,62,66)/t45-,46-/m0/s1. The van der Waals surface area contributed by atoms with Crippen LogP contribution in [0.2, 0.25) is 0 Å². The van der Waals surface area contributed by atoms with E-state index >= 15 is 0 Å². The van der Waals surface area contributed by atoms with Crippen LogP contribution < -0.4 is 21.3 Å². The predicted molar refractivity (Wildman–Crippen MR) is 271 cm³/mol. The lowest BCUT2D eigenvalue weighted by atomic mass is 10.0. The fraction of sp³-hybridized carbons (Fsp3) is 0.483. The van der Waals surface area contributed by atoms with Gasteiger partial charge in [-0.15, -0.1) is 12.8 Å². The van der Waals surface area contributed by atoms with Crippen LogP contribution in [0.3, 0.4) is 0 Å². The van der Waals surface area contributed by atoms with Gasteiger partial charge >= 0.3 is 0 Å². The van der Waals surface area contributed by atoms with Crippen molar-refractivity contribution in [3.8, 4) is 48.4 Å². The van der Waals surface area contributed by atoms with Crippen molar-refractivity contribution in [2.24, 2.45) is 0 Å². The van der Waals surface area contributed by atoms with Gasteiger partial charge < -0.3 is 21.3 Å². The van der Waals surface area contributed by atoms with Crippen LogP contribution in [0.5, 0.6) is 0 Å². The first-order valence-electron chi connectivity index (χ1n) is 24.6. The van der Waals surface area contributed by atoms with Crippen LogP contribution in [-0.2, 0) is 9.59 Å². The van der Waals surface area contributed by atoms with Gasteiger partial charge in [0.25, 0.3) is 11.8 Å². The first-order chi connectivity index (χ1) is 32.1. The summed E-state index contributed by atoms with van der Waals surface area (Å²) in [5, 5.41) is 11.5. The van der Waals surface area contributed by atoms with Crippen molar-refractivity contribution in [3.05, 3.63) is 105 Å². The van der Waals surface area contributed by atoms with Crippen molar-refractivity contribution in [2.45, 2.75) is 168 Å². The van der Waals surface area contributed by atoms with Crippen molar-refractivity contribution >= 4 is 23.6 Å². The third-order valence-electron chi connectivity index (χ3n) is 11.4. The first kappa shape index (κ1) is 54.1. The van der Waals surface area contributed by atoms with Gasteiger partial charge in [-0.3, -0.25) is 19.2 Å². The maximum Gasteiger partial charge on any atom is 0.252 e. The molecule has 0 aromatic heterocycles. The third-order valence-corrected chi connectivity index (χ3v) is 11.4. The molecule has 8 nitrogen and oxygen atoms in total. The Balaban J connectivity index is 1.53. The number of unbranched alkanes of at least 4 members (excludes halogenated alkanes) is 18. The second-order valence-corrected chi connectivity index (χ2v) is 17.3. The third kappa shape index (κ3) is 22.1. The van der Waals surface area contributed by atoms with E-state index in [0.717, 1.165) is 25.7 Å². The lowest BCUT2D eigenvalue weighted by molar-refractivity contribution is -0.123. The normalized spacial score (nSPS) is 11.3. The van der Waals surface area contributed by atoms with Gasteiger partial charge in [0.1, 0.15) is 12.1 Å². The van der Waals surface area contributed by atoms with Crippen LogP contribution in [0.25, 0.3) is 0 Å². The molecule has 0 saturated carbocycles. The Hall–Kier alpha value is -6.22. The number of carbonyl (C=O) groups excluding carboxylic acids is 4. The maximum absolute atomic E-state index is 13.2. The van der Waals surface area contributed by atoms with Crippen LogP contribution in [-0.4, -0.2) is 48.8 Å². The van der Waals surface area contributed by atoms with Crippen LogP contribution in [0.15, 0.2) is 60.7 Å². The minimum Gasteiger partial charge on any atom is -0.354 e. The SMILES string of the molecule is C#Cc1cc(C#Cc2cccc(C#Cc3cc(C#C)cc(C(=O)N[C@@H](C)C(=O)NCCCCCCCCCCCC)c3)c2)cc(C(=O)N[C@@H](C)C(=O)NCCCCCCCCCCCC)c1. The van der Waals surface area contributed by atoms with E-state index in [1.807, 2.05) is 24.3 Å². The molecule has 4 amide bonds. The second kappa shape index (κ2) is 32.4. The van der Waals surface area contributed by atoms with E-state index in [1.165, 1.54) is 103 Å². The highest BCUT2D eigenvalue weighted by Crippen LogP contribution is 2.15. The smallest absolute Gasteiger partial charge is 0.252 e. The summed E-state index contributed by atoms with van der Waals surface area (Å²) in [6.07, 6.45) is 35.9. The first-order valence-corrected chi connectivity index (χ1v) is 24.6. The topological polar surface area (TPSA) is 116 Å². The fourth-order valence-electron chi connectivity index (χ4n) is 7.44.